The topological polar surface area (TPSA) is 58.8 Å². The quantitative estimate of drug-likeness (QED) is 0.422. The van der Waals surface area contributed by atoms with E-state index in [1.807, 2.05) is 12.1 Å². The van der Waals surface area contributed by atoms with Gasteiger partial charge in [0.2, 0.25) is 0 Å². The maximum atomic E-state index is 10.8. The van der Waals surface area contributed by atoms with E-state index in [4.69, 9.17) is 4.74 Å². The Balaban J connectivity index is 1.38. The zero-order valence-corrected chi connectivity index (χ0v) is 16.1. The summed E-state index contributed by atoms with van der Waals surface area (Å²) >= 11 is 0. The number of aryl methyl sites for hydroxylation is 2. The molecule has 0 unspecified atom stereocenters. The van der Waals surface area contributed by atoms with Gasteiger partial charge in [-0.05, 0) is 55.7 Å². The van der Waals surface area contributed by atoms with Crippen LogP contribution in [0.3, 0.4) is 0 Å². The maximum Gasteiger partial charge on any atom is 0.269 e. The maximum absolute atomic E-state index is 10.8. The average Bonchev–Trinajstić information content (AvgIpc) is 2.65. The zero-order chi connectivity index (χ0) is 19.2. The first-order valence-corrected chi connectivity index (χ1v) is 9.44. The molecule has 1 aliphatic rings. The van der Waals surface area contributed by atoms with Crippen LogP contribution in [0.25, 0.3) is 0 Å². The Labute approximate surface area is 160 Å². The first-order chi connectivity index (χ1) is 13.0. The van der Waals surface area contributed by atoms with Gasteiger partial charge in [0.15, 0.2) is 0 Å². The van der Waals surface area contributed by atoms with E-state index in [1.54, 1.807) is 12.1 Å². The molecule has 3 rings (SSSR count). The Morgan fingerprint density at radius 3 is 2.22 bits per heavy atom. The number of nitrogens with zero attached hydrogens (tertiary/aromatic N) is 3. The van der Waals surface area contributed by atoms with Crippen molar-refractivity contribution in [2.45, 2.75) is 20.3 Å². The highest BCUT2D eigenvalue weighted by molar-refractivity contribution is 5.51. The summed E-state index contributed by atoms with van der Waals surface area (Å²) in [6, 6.07) is 13.1. The number of nitro groups is 1. The van der Waals surface area contributed by atoms with Crippen LogP contribution in [0.15, 0.2) is 42.5 Å². The van der Waals surface area contributed by atoms with Gasteiger partial charge in [0.25, 0.3) is 5.69 Å². The molecule has 0 amide bonds. The summed E-state index contributed by atoms with van der Waals surface area (Å²) < 4.78 is 5.89. The first-order valence-electron chi connectivity index (χ1n) is 9.44. The Hall–Kier alpha value is -2.60. The van der Waals surface area contributed by atoms with Gasteiger partial charge in [-0.1, -0.05) is 6.07 Å². The largest absolute Gasteiger partial charge is 0.494 e. The number of rotatable bonds is 7. The highest BCUT2D eigenvalue weighted by Gasteiger charge is 2.17. The number of non-ortho nitro benzene ring substituents is 1. The highest BCUT2D eigenvalue weighted by atomic mass is 16.6. The van der Waals surface area contributed by atoms with Crippen molar-refractivity contribution in [1.29, 1.82) is 0 Å². The molecule has 2 aromatic carbocycles. The second kappa shape index (κ2) is 8.86. The molecule has 1 saturated heterocycles. The van der Waals surface area contributed by atoms with Crippen LogP contribution in [0.4, 0.5) is 11.4 Å². The van der Waals surface area contributed by atoms with Gasteiger partial charge >= 0.3 is 0 Å². The van der Waals surface area contributed by atoms with Gasteiger partial charge in [-0.3, -0.25) is 15.0 Å². The summed E-state index contributed by atoms with van der Waals surface area (Å²) in [6.07, 6.45) is 1.00. The molecule has 0 atom stereocenters. The molecule has 0 bridgehead atoms. The molecule has 6 nitrogen and oxygen atoms in total. The summed E-state index contributed by atoms with van der Waals surface area (Å²) in [4.78, 5) is 15.1. The van der Waals surface area contributed by atoms with E-state index in [1.165, 1.54) is 11.1 Å². The Morgan fingerprint density at radius 2 is 1.63 bits per heavy atom. The van der Waals surface area contributed by atoms with Crippen molar-refractivity contribution in [2.75, 3.05) is 44.2 Å². The normalized spacial score (nSPS) is 15.0. The average molecular weight is 369 g/mol. The van der Waals surface area contributed by atoms with Crippen LogP contribution in [0.5, 0.6) is 5.75 Å². The number of piperazine rings is 1. The van der Waals surface area contributed by atoms with E-state index in [9.17, 15) is 10.1 Å². The lowest BCUT2D eigenvalue weighted by atomic mass is 10.1. The molecule has 6 heteroatoms. The highest BCUT2D eigenvalue weighted by Crippen LogP contribution is 2.21. The molecule has 0 aromatic heterocycles. The number of ether oxygens (including phenoxy) is 1. The van der Waals surface area contributed by atoms with Crippen LogP contribution < -0.4 is 9.64 Å². The molecule has 1 aliphatic heterocycles. The fourth-order valence-electron chi connectivity index (χ4n) is 3.51. The van der Waals surface area contributed by atoms with Crippen LogP contribution in [0.2, 0.25) is 0 Å². The second-order valence-electron chi connectivity index (χ2n) is 7.13. The minimum atomic E-state index is -0.359. The number of benzene rings is 2. The van der Waals surface area contributed by atoms with Crippen LogP contribution in [-0.4, -0.2) is 49.2 Å². The van der Waals surface area contributed by atoms with Gasteiger partial charge in [0, 0.05) is 50.5 Å². The predicted molar refractivity (Wildman–Crippen MR) is 108 cm³/mol. The summed E-state index contributed by atoms with van der Waals surface area (Å²) in [5, 5.41) is 10.8. The van der Waals surface area contributed by atoms with Crippen molar-refractivity contribution in [3.63, 3.8) is 0 Å². The van der Waals surface area contributed by atoms with Gasteiger partial charge in [-0.25, -0.2) is 0 Å². The lowest BCUT2D eigenvalue weighted by molar-refractivity contribution is -0.384. The van der Waals surface area contributed by atoms with Gasteiger partial charge < -0.3 is 9.64 Å². The molecule has 0 saturated carbocycles. The van der Waals surface area contributed by atoms with E-state index in [-0.39, 0.29) is 10.6 Å². The monoisotopic (exact) mass is 369 g/mol. The second-order valence-corrected chi connectivity index (χ2v) is 7.13. The Morgan fingerprint density at radius 1 is 1.00 bits per heavy atom. The van der Waals surface area contributed by atoms with Crippen molar-refractivity contribution in [3.05, 3.63) is 63.7 Å². The van der Waals surface area contributed by atoms with Gasteiger partial charge in [0.05, 0.1) is 11.5 Å². The molecule has 0 N–H and O–H groups in total. The van der Waals surface area contributed by atoms with E-state index >= 15 is 0 Å². The lowest BCUT2D eigenvalue weighted by Gasteiger charge is -2.36. The number of hydrogen-bond acceptors (Lipinski definition) is 5. The summed E-state index contributed by atoms with van der Waals surface area (Å²) in [7, 11) is 0. The summed E-state index contributed by atoms with van der Waals surface area (Å²) in [6.45, 7) is 9.81. The number of hydrogen-bond donors (Lipinski definition) is 0. The third-order valence-corrected chi connectivity index (χ3v) is 4.88. The van der Waals surface area contributed by atoms with Crippen LogP contribution in [0.1, 0.15) is 17.5 Å². The zero-order valence-electron chi connectivity index (χ0n) is 16.1. The molecule has 0 aliphatic carbocycles. The van der Waals surface area contributed by atoms with Crippen molar-refractivity contribution in [3.8, 4) is 5.75 Å². The van der Waals surface area contributed by atoms with Crippen molar-refractivity contribution < 1.29 is 9.66 Å². The van der Waals surface area contributed by atoms with E-state index in [0.717, 1.165) is 57.2 Å². The van der Waals surface area contributed by atoms with Crippen LogP contribution in [-0.2, 0) is 0 Å². The van der Waals surface area contributed by atoms with Crippen molar-refractivity contribution in [1.82, 2.24) is 4.90 Å². The Kier molecular flexibility index (Phi) is 6.29. The fraction of sp³-hybridized carbons (Fsp3) is 0.429. The van der Waals surface area contributed by atoms with E-state index < -0.39 is 0 Å². The third kappa shape index (κ3) is 5.44. The summed E-state index contributed by atoms with van der Waals surface area (Å²) in [5.41, 5.74) is 3.65. The molecule has 2 aromatic rings. The number of nitro benzene ring substituents is 1. The van der Waals surface area contributed by atoms with Gasteiger partial charge in [0.1, 0.15) is 5.75 Å². The van der Waals surface area contributed by atoms with Crippen molar-refractivity contribution in [2.24, 2.45) is 0 Å². The molecule has 27 heavy (non-hydrogen) atoms. The molecular formula is C21H27N3O3. The minimum absolute atomic E-state index is 0.140. The van der Waals surface area contributed by atoms with E-state index in [0.29, 0.717) is 0 Å². The summed E-state index contributed by atoms with van der Waals surface area (Å²) in [5.74, 6) is 0.954. The minimum Gasteiger partial charge on any atom is -0.494 e. The molecule has 0 spiro atoms. The standard InChI is InChI=1S/C21H27N3O3/c1-17-14-18(2)16-21(15-17)27-13-3-8-22-9-11-23(12-10-22)19-4-6-20(7-5-19)24(25)26/h4-7,14-16H,3,8-13H2,1-2H3. The van der Waals surface area contributed by atoms with Crippen LogP contribution >= 0.6 is 0 Å². The SMILES string of the molecule is Cc1cc(C)cc(OCCCN2CCN(c3ccc([N+](=O)[O-])cc3)CC2)c1. The first kappa shape index (κ1) is 19.2. The van der Waals surface area contributed by atoms with Crippen molar-refractivity contribution >= 4 is 11.4 Å². The third-order valence-electron chi connectivity index (χ3n) is 4.88. The molecule has 1 heterocycles. The molecule has 0 radical (unpaired) electrons. The number of anilines is 1. The molecule has 144 valence electrons. The Bertz CT molecular complexity index is 748. The van der Waals surface area contributed by atoms with E-state index in [2.05, 4.69) is 41.8 Å². The predicted octanol–water partition coefficient (Wildman–Crippen LogP) is 3.80. The fourth-order valence-corrected chi connectivity index (χ4v) is 3.51. The lowest BCUT2D eigenvalue weighted by Crippen LogP contribution is -2.46. The molecule has 1 fully saturated rings. The van der Waals surface area contributed by atoms with Crippen LogP contribution in [0, 0.1) is 24.0 Å². The van der Waals surface area contributed by atoms with Gasteiger partial charge in [-0.2, -0.15) is 0 Å². The van der Waals surface area contributed by atoms with Gasteiger partial charge in [-0.15, -0.1) is 0 Å². The smallest absolute Gasteiger partial charge is 0.269 e. The molecular weight excluding hydrogens is 342 g/mol.